The van der Waals surface area contributed by atoms with Gasteiger partial charge in [-0.05, 0) is 12.1 Å². The molecule has 0 unspecified atom stereocenters. The van der Waals surface area contributed by atoms with E-state index < -0.39 is 0 Å². The molecule has 0 fully saturated rings. The number of nitrogens with zero attached hydrogens (tertiary/aromatic N) is 2. The first-order valence-corrected chi connectivity index (χ1v) is 9.02. The van der Waals surface area contributed by atoms with E-state index in [2.05, 4.69) is 20.8 Å². The summed E-state index contributed by atoms with van der Waals surface area (Å²) in [7, 11) is 0. The SMILES string of the molecule is O=C(NNc1nc2cc3c(cc2s1)OCO3)c1nc2ccccc2s1. The second-order valence-corrected chi connectivity index (χ2v) is 7.32. The number of thiazole rings is 2. The molecule has 0 bridgehead atoms. The molecule has 0 aliphatic carbocycles. The molecule has 5 rings (SSSR count). The number of hydrazine groups is 1. The van der Waals surface area contributed by atoms with Gasteiger partial charge in [0.05, 0.1) is 20.4 Å². The number of hydrogen-bond acceptors (Lipinski definition) is 8. The van der Waals surface area contributed by atoms with Crippen LogP contribution < -0.4 is 20.3 Å². The number of rotatable bonds is 3. The lowest BCUT2D eigenvalue weighted by molar-refractivity contribution is 0.0962. The van der Waals surface area contributed by atoms with Crippen LogP contribution in [0.1, 0.15) is 9.80 Å². The normalized spacial score (nSPS) is 12.6. The second-order valence-electron chi connectivity index (χ2n) is 5.26. The smallest absolute Gasteiger partial charge is 0.298 e. The summed E-state index contributed by atoms with van der Waals surface area (Å²) in [5.74, 6) is 1.10. The molecule has 0 atom stereocenters. The van der Waals surface area contributed by atoms with Crippen LogP contribution in [-0.4, -0.2) is 22.7 Å². The van der Waals surface area contributed by atoms with E-state index >= 15 is 0 Å². The Morgan fingerprint density at radius 3 is 2.72 bits per heavy atom. The summed E-state index contributed by atoms with van der Waals surface area (Å²) >= 11 is 2.76. The van der Waals surface area contributed by atoms with Gasteiger partial charge in [-0.1, -0.05) is 23.5 Å². The van der Waals surface area contributed by atoms with Crippen molar-refractivity contribution in [3.05, 3.63) is 41.4 Å². The monoisotopic (exact) mass is 370 g/mol. The van der Waals surface area contributed by atoms with Crippen LogP contribution in [0, 0.1) is 0 Å². The highest BCUT2D eigenvalue weighted by atomic mass is 32.1. The quantitative estimate of drug-likeness (QED) is 0.538. The summed E-state index contributed by atoms with van der Waals surface area (Å²) in [6.07, 6.45) is 0. The lowest BCUT2D eigenvalue weighted by atomic mass is 10.3. The van der Waals surface area contributed by atoms with Crippen molar-refractivity contribution in [1.82, 2.24) is 15.4 Å². The lowest BCUT2D eigenvalue weighted by Gasteiger charge is -2.02. The number of amides is 1. The molecule has 124 valence electrons. The van der Waals surface area contributed by atoms with E-state index in [4.69, 9.17) is 9.47 Å². The Balaban J connectivity index is 1.35. The Bertz CT molecular complexity index is 1050. The fourth-order valence-electron chi connectivity index (χ4n) is 2.50. The van der Waals surface area contributed by atoms with Gasteiger partial charge < -0.3 is 9.47 Å². The number of carbonyl (C=O) groups excluding carboxylic acids is 1. The van der Waals surface area contributed by atoms with Crippen LogP contribution in [0.5, 0.6) is 11.5 Å². The molecule has 1 amide bonds. The highest BCUT2D eigenvalue weighted by Crippen LogP contribution is 2.38. The summed E-state index contributed by atoms with van der Waals surface area (Å²) in [4.78, 5) is 21.0. The van der Waals surface area contributed by atoms with Crippen LogP contribution in [0.2, 0.25) is 0 Å². The number of benzene rings is 2. The highest BCUT2D eigenvalue weighted by Gasteiger charge is 2.17. The Morgan fingerprint density at radius 2 is 1.84 bits per heavy atom. The third-order valence-electron chi connectivity index (χ3n) is 3.65. The van der Waals surface area contributed by atoms with Gasteiger partial charge in [-0.25, -0.2) is 9.97 Å². The minimum atomic E-state index is -0.297. The molecule has 1 aliphatic heterocycles. The van der Waals surface area contributed by atoms with Crippen molar-refractivity contribution < 1.29 is 14.3 Å². The largest absolute Gasteiger partial charge is 0.454 e. The number of anilines is 1. The summed E-state index contributed by atoms with van der Waals surface area (Å²) in [5, 5.41) is 0.976. The first-order chi connectivity index (χ1) is 12.3. The Kier molecular flexibility index (Phi) is 3.22. The van der Waals surface area contributed by atoms with Gasteiger partial charge >= 0.3 is 0 Å². The number of aromatic nitrogens is 2. The van der Waals surface area contributed by atoms with Crippen LogP contribution in [-0.2, 0) is 0 Å². The van der Waals surface area contributed by atoms with E-state index in [1.165, 1.54) is 22.7 Å². The van der Waals surface area contributed by atoms with Crippen molar-refractivity contribution in [2.75, 3.05) is 12.2 Å². The van der Waals surface area contributed by atoms with Gasteiger partial charge in [-0.3, -0.25) is 15.6 Å². The summed E-state index contributed by atoms with van der Waals surface area (Å²) < 4.78 is 12.6. The average Bonchev–Trinajstić information content (AvgIpc) is 3.33. The first-order valence-electron chi connectivity index (χ1n) is 7.38. The Labute approximate surface area is 149 Å². The summed E-state index contributed by atoms with van der Waals surface area (Å²) in [5.41, 5.74) is 7.08. The predicted molar refractivity (Wildman–Crippen MR) is 96.5 cm³/mol. The van der Waals surface area contributed by atoms with Crippen molar-refractivity contribution in [3.8, 4) is 11.5 Å². The van der Waals surface area contributed by atoms with Gasteiger partial charge in [-0.15, -0.1) is 11.3 Å². The zero-order valence-electron chi connectivity index (χ0n) is 12.6. The third kappa shape index (κ3) is 2.53. The number of fused-ring (bicyclic) bond motifs is 3. The van der Waals surface area contributed by atoms with Crippen molar-refractivity contribution in [2.24, 2.45) is 0 Å². The van der Waals surface area contributed by atoms with Gasteiger partial charge in [0.25, 0.3) is 5.91 Å². The second kappa shape index (κ2) is 5.57. The number of nitrogens with one attached hydrogen (secondary N) is 2. The zero-order valence-corrected chi connectivity index (χ0v) is 14.2. The molecule has 2 aromatic carbocycles. The molecule has 0 radical (unpaired) electrons. The van der Waals surface area contributed by atoms with E-state index in [1.807, 2.05) is 36.4 Å². The van der Waals surface area contributed by atoms with Gasteiger partial charge in [0, 0.05) is 12.1 Å². The molecule has 2 aromatic heterocycles. The molecule has 7 nitrogen and oxygen atoms in total. The molecule has 0 saturated carbocycles. The van der Waals surface area contributed by atoms with E-state index in [1.54, 1.807) is 0 Å². The predicted octanol–water partition coefficient (Wildman–Crippen LogP) is 3.39. The highest BCUT2D eigenvalue weighted by molar-refractivity contribution is 7.22. The van der Waals surface area contributed by atoms with Crippen LogP contribution in [0.15, 0.2) is 36.4 Å². The fourth-order valence-corrected chi connectivity index (χ4v) is 4.19. The van der Waals surface area contributed by atoms with Crippen LogP contribution in [0.3, 0.4) is 0 Å². The van der Waals surface area contributed by atoms with Crippen molar-refractivity contribution >= 4 is 54.1 Å². The number of carbonyl (C=O) groups is 1. The van der Waals surface area contributed by atoms with Crippen molar-refractivity contribution in [3.63, 3.8) is 0 Å². The van der Waals surface area contributed by atoms with Gasteiger partial charge in [0.15, 0.2) is 16.5 Å². The average molecular weight is 370 g/mol. The third-order valence-corrected chi connectivity index (χ3v) is 5.62. The lowest BCUT2D eigenvalue weighted by Crippen LogP contribution is -2.29. The maximum absolute atomic E-state index is 12.3. The first kappa shape index (κ1) is 14.4. The molecule has 25 heavy (non-hydrogen) atoms. The van der Waals surface area contributed by atoms with Gasteiger partial charge in [0.2, 0.25) is 11.9 Å². The summed E-state index contributed by atoms with van der Waals surface area (Å²) in [6, 6.07) is 11.4. The maximum atomic E-state index is 12.3. The van der Waals surface area contributed by atoms with Crippen LogP contribution >= 0.6 is 22.7 Å². The molecule has 0 saturated heterocycles. The standard InChI is InChI=1S/C16H10N4O3S2/c21-14(15-17-8-3-1-2-4-12(8)24-15)19-20-16-18-9-5-10-11(23-7-22-10)6-13(9)25-16/h1-6H,7H2,(H,18,20)(H,19,21). The molecule has 4 aromatic rings. The topological polar surface area (TPSA) is 85.4 Å². The molecule has 2 N–H and O–H groups in total. The van der Waals surface area contributed by atoms with Crippen molar-refractivity contribution in [2.45, 2.75) is 0 Å². The van der Waals surface area contributed by atoms with Crippen LogP contribution in [0.4, 0.5) is 5.13 Å². The van der Waals surface area contributed by atoms with Gasteiger partial charge in [0.1, 0.15) is 0 Å². The summed E-state index contributed by atoms with van der Waals surface area (Å²) in [6.45, 7) is 0.232. The molecule has 0 spiro atoms. The maximum Gasteiger partial charge on any atom is 0.298 e. The number of para-hydroxylation sites is 1. The minimum absolute atomic E-state index is 0.232. The fraction of sp³-hybridized carbons (Fsp3) is 0.0625. The molecular formula is C16H10N4O3S2. The zero-order chi connectivity index (χ0) is 16.8. The van der Waals surface area contributed by atoms with E-state index in [9.17, 15) is 4.79 Å². The molecule has 9 heteroatoms. The van der Waals surface area contributed by atoms with Crippen molar-refractivity contribution in [1.29, 1.82) is 0 Å². The van der Waals surface area contributed by atoms with E-state index in [0.717, 1.165) is 20.4 Å². The molecule has 1 aliphatic rings. The Morgan fingerprint density at radius 1 is 1.00 bits per heavy atom. The minimum Gasteiger partial charge on any atom is -0.454 e. The number of hydrogen-bond donors (Lipinski definition) is 2. The van der Waals surface area contributed by atoms with Gasteiger partial charge in [-0.2, -0.15) is 0 Å². The number of ether oxygens (including phenoxy) is 2. The Hall–Kier alpha value is -2.91. The van der Waals surface area contributed by atoms with Crippen LogP contribution in [0.25, 0.3) is 20.4 Å². The molecule has 3 heterocycles. The van der Waals surface area contributed by atoms with E-state index in [0.29, 0.717) is 21.6 Å². The van der Waals surface area contributed by atoms with E-state index in [-0.39, 0.29) is 12.7 Å². The molecular weight excluding hydrogens is 360 g/mol.